The van der Waals surface area contributed by atoms with Crippen LogP contribution in [0.5, 0.6) is 0 Å². The van der Waals surface area contributed by atoms with Crippen molar-refractivity contribution in [2.75, 3.05) is 32.1 Å². The Hall–Kier alpha value is -1.20. The number of aliphatic hydroxyl groups excluding tert-OH is 1. The van der Waals surface area contributed by atoms with Crippen molar-refractivity contribution in [3.63, 3.8) is 0 Å². The maximum atomic E-state index is 10.1. The van der Waals surface area contributed by atoms with E-state index in [1.165, 1.54) is 0 Å². The van der Waals surface area contributed by atoms with E-state index in [1.54, 1.807) is 0 Å². The molecule has 0 aliphatic carbocycles. The Morgan fingerprint density at radius 1 is 1.17 bits per heavy atom. The zero-order valence-corrected chi connectivity index (χ0v) is 11.8. The number of anilines is 1. The second kappa shape index (κ2) is 4.82. The molecular weight excluding hydrogens is 228 g/mol. The third kappa shape index (κ3) is 2.33. The van der Waals surface area contributed by atoms with Gasteiger partial charge in [-0.1, -0.05) is 0 Å². The number of hydrogen-bond donors (Lipinski definition) is 1. The van der Waals surface area contributed by atoms with Gasteiger partial charge in [0.25, 0.3) is 0 Å². The van der Waals surface area contributed by atoms with E-state index in [-0.39, 0.29) is 12.1 Å². The highest BCUT2D eigenvalue weighted by Gasteiger charge is 2.34. The van der Waals surface area contributed by atoms with Crippen molar-refractivity contribution in [1.82, 2.24) is 14.9 Å². The summed E-state index contributed by atoms with van der Waals surface area (Å²) >= 11 is 0. The van der Waals surface area contributed by atoms with Crippen molar-refractivity contribution in [2.24, 2.45) is 0 Å². The largest absolute Gasteiger partial charge is 0.390 e. The minimum atomic E-state index is -0.324. The number of aromatic nitrogens is 2. The van der Waals surface area contributed by atoms with Crippen LogP contribution in [-0.2, 0) is 0 Å². The van der Waals surface area contributed by atoms with Gasteiger partial charge in [-0.15, -0.1) is 0 Å². The molecule has 1 aromatic rings. The molecule has 1 aliphatic rings. The van der Waals surface area contributed by atoms with Gasteiger partial charge < -0.3 is 14.9 Å². The van der Waals surface area contributed by atoms with Gasteiger partial charge in [0.05, 0.1) is 12.1 Å². The van der Waals surface area contributed by atoms with Crippen LogP contribution >= 0.6 is 0 Å². The van der Waals surface area contributed by atoms with E-state index in [2.05, 4.69) is 19.8 Å². The molecule has 1 N–H and O–H groups in total. The van der Waals surface area contributed by atoms with Crippen LogP contribution in [0.15, 0.2) is 0 Å². The Bertz CT molecular complexity index is 447. The topological polar surface area (TPSA) is 52.5 Å². The number of rotatable bonds is 2. The Morgan fingerprint density at radius 2 is 1.83 bits per heavy atom. The van der Waals surface area contributed by atoms with Crippen LogP contribution in [0.25, 0.3) is 0 Å². The molecule has 0 aromatic carbocycles. The zero-order chi connectivity index (χ0) is 13.4. The molecule has 0 radical (unpaired) electrons. The SMILES string of the molecule is Cc1nc(C)c(C)c(N2C[C@H](O)[C@@H](N(C)C)C2)n1. The fourth-order valence-corrected chi connectivity index (χ4v) is 2.51. The highest BCUT2D eigenvalue weighted by atomic mass is 16.3. The molecule has 0 amide bonds. The van der Waals surface area contributed by atoms with E-state index in [4.69, 9.17) is 0 Å². The summed E-state index contributed by atoms with van der Waals surface area (Å²) in [4.78, 5) is 13.1. The summed E-state index contributed by atoms with van der Waals surface area (Å²) in [5.74, 6) is 1.75. The fourth-order valence-electron chi connectivity index (χ4n) is 2.51. The van der Waals surface area contributed by atoms with E-state index < -0.39 is 0 Å². The van der Waals surface area contributed by atoms with E-state index in [9.17, 15) is 5.11 Å². The summed E-state index contributed by atoms with van der Waals surface area (Å²) in [6.07, 6.45) is -0.324. The molecule has 2 heterocycles. The van der Waals surface area contributed by atoms with Crippen molar-refractivity contribution in [1.29, 1.82) is 0 Å². The molecule has 1 saturated heterocycles. The van der Waals surface area contributed by atoms with E-state index in [1.807, 2.05) is 34.9 Å². The van der Waals surface area contributed by atoms with Gasteiger partial charge in [0.15, 0.2) is 0 Å². The first-order valence-corrected chi connectivity index (χ1v) is 6.31. The molecule has 1 aliphatic heterocycles. The van der Waals surface area contributed by atoms with Gasteiger partial charge in [-0.3, -0.25) is 0 Å². The highest BCUT2D eigenvalue weighted by Crippen LogP contribution is 2.25. The highest BCUT2D eigenvalue weighted by molar-refractivity contribution is 5.49. The molecule has 0 bridgehead atoms. The minimum absolute atomic E-state index is 0.167. The molecule has 100 valence electrons. The summed E-state index contributed by atoms with van der Waals surface area (Å²) in [5.41, 5.74) is 2.12. The molecule has 5 heteroatoms. The first kappa shape index (κ1) is 13.2. The lowest BCUT2D eigenvalue weighted by Crippen LogP contribution is -2.38. The average molecular weight is 250 g/mol. The standard InChI is InChI=1S/C13H22N4O/c1-8-9(2)14-10(3)15-13(8)17-6-11(16(4)5)12(18)7-17/h11-12,18H,6-7H2,1-5H3/t11-,12-/m0/s1. The number of hydrogen-bond acceptors (Lipinski definition) is 5. The second-order valence-corrected chi connectivity index (χ2v) is 5.31. The average Bonchev–Trinajstić information content (AvgIpc) is 2.65. The van der Waals surface area contributed by atoms with Crippen molar-refractivity contribution < 1.29 is 5.11 Å². The van der Waals surface area contributed by atoms with Crippen molar-refractivity contribution >= 4 is 5.82 Å². The maximum Gasteiger partial charge on any atom is 0.135 e. The van der Waals surface area contributed by atoms with Crippen LogP contribution < -0.4 is 4.90 Å². The zero-order valence-electron chi connectivity index (χ0n) is 11.8. The molecule has 0 spiro atoms. The Balaban J connectivity index is 2.29. The Morgan fingerprint density at radius 3 is 2.39 bits per heavy atom. The third-order valence-electron chi connectivity index (χ3n) is 3.70. The third-order valence-corrected chi connectivity index (χ3v) is 3.70. The van der Waals surface area contributed by atoms with Crippen LogP contribution in [0.4, 0.5) is 5.82 Å². The lowest BCUT2D eigenvalue weighted by molar-refractivity contribution is 0.114. The van der Waals surface area contributed by atoms with Crippen molar-refractivity contribution in [3.05, 3.63) is 17.1 Å². The van der Waals surface area contributed by atoms with Crippen LogP contribution in [0.1, 0.15) is 17.1 Å². The molecule has 5 nitrogen and oxygen atoms in total. The predicted molar refractivity (Wildman–Crippen MR) is 71.9 cm³/mol. The lowest BCUT2D eigenvalue weighted by atomic mass is 10.2. The normalized spacial score (nSPS) is 24.1. The summed E-state index contributed by atoms with van der Waals surface area (Å²) < 4.78 is 0. The van der Waals surface area contributed by atoms with E-state index >= 15 is 0 Å². The smallest absolute Gasteiger partial charge is 0.135 e. The molecule has 0 unspecified atom stereocenters. The summed E-state index contributed by atoms with van der Waals surface area (Å²) in [5, 5.41) is 10.1. The Labute approximate surface area is 108 Å². The molecular formula is C13H22N4O. The molecule has 18 heavy (non-hydrogen) atoms. The Kier molecular flexibility index (Phi) is 3.54. The predicted octanol–water partition coefficient (Wildman–Crippen LogP) is 0.513. The van der Waals surface area contributed by atoms with Crippen molar-refractivity contribution in [2.45, 2.75) is 32.9 Å². The fraction of sp³-hybridized carbons (Fsp3) is 0.692. The number of aliphatic hydroxyl groups is 1. The van der Waals surface area contributed by atoms with Gasteiger partial charge in [-0.25, -0.2) is 9.97 Å². The summed E-state index contributed by atoms with van der Waals surface area (Å²) in [6.45, 7) is 7.40. The van der Waals surface area contributed by atoms with Gasteiger partial charge in [0.2, 0.25) is 0 Å². The first-order valence-electron chi connectivity index (χ1n) is 6.31. The number of β-amino-alcohol motifs (C(OH)–C–C–N with tert-alkyl or cyclic N) is 1. The van der Waals surface area contributed by atoms with Gasteiger partial charge in [0, 0.05) is 24.3 Å². The van der Waals surface area contributed by atoms with E-state index in [0.29, 0.717) is 6.54 Å². The van der Waals surface area contributed by atoms with Crippen molar-refractivity contribution in [3.8, 4) is 0 Å². The van der Waals surface area contributed by atoms with Gasteiger partial charge in [-0.2, -0.15) is 0 Å². The van der Waals surface area contributed by atoms with Crippen LogP contribution in [0.2, 0.25) is 0 Å². The molecule has 1 fully saturated rings. The van der Waals surface area contributed by atoms with Gasteiger partial charge >= 0.3 is 0 Å². The molecule has 2 atom stereocenters. The second-order valence-electron chi connectivity index (χ2n) is 5.31. The van der Waals surface area contributed by atoms with Crippen LogP contribution in [-0.4, -0.2) is 59.3 Å². The summed E-state index contributed by atoms with van der Waals surface area (Å²) in [6, 6.07) is 0.167. The molecule has 1 aromatic heterocycles. The molecule has 2 rings (SSSR count). The number of likely N-dealkylation sites (N-methyl/N-ethyl adjacent to an activating group) is 1. The van der Waals surface area contributed by atoms with Gasteiger partial charge in [0.1, 0.15) is 11.6 Å². The van der Waals surface area contributed by atoms with Crippen LogP contribution in [0.3, 0.4) is 0 Å². The minimum Gasteiger partial charge on any atom is -0.390 e. The van der Waals surface area contributed by atoms with Gasteiger partial charge in [-0.05, 0) is 34.9 Å². The lowest BCUT2D eigenvalue weighted by Gasteiger charge is -2.23. The quantitative estimate of drug-likeness (QED) is 0.829. The number of nitrogens with zero attached hydrogens (tertiary/aromatic N) is 4. The molecule has 0 saturated carbocycles. The summed E-state index contributed by atoms with van der Waals surface area (Å²) in [7, 11) is 4.00. The van der Waals surface area contributed by atoms with E-state index in [0.717, 1.165) is 29.4 Å². The number of aryl methyl sites for hydroxylation is 2. The first-order chi connectivity index (χ1) is 8.40. The monoisotopic (exact) mass is 250 g/mol. The maximum absolute atomic E-state index is 10.1. The van der Waals surface area contributed by atoms with Crippen LogP contribution in [0, 0.1) is 20.8 Å².